The predicted molar refractivity (Wildman–Crippen MR) is 83.7 cm³/mol. The fraction of sp³-hybridized carbons (Fsp3) is 0.143. The number of tetrazole rings is 1. The number of hydrogen-bond acceptors (Lipinski definition) is 6. The zero-order chi connectivity index (χ0) is 16.9. The van der Waals surface area contributed by atoms with Crippen molar-refractivity contribution in [1.82, 2.24) is 29.8 Å². The Morgan fingerprint density at radius 2 is 2.12 bits per heavy atom. The molecule has 0 radical (unpaired) electrons. The first kappa shape index (κ1) is 15.3. The molecular weight excluding hydrogens is 314 g/mol. The molecule has 10 nitrogen and oxygen atoms in total. The number of aromatic nitrogens is 6. The molecule has 2 heterocycles. The van der Waals surface area contributed by atoms with E-state index in [1.54, 1.807) is 24.3 Å². The second-order valence-corrected chi connectivity index (χ2v) is 4.91. The largest absolute Gasteiger partial charge is 0.328 e. The number of nitrogens with zero attached hydrogens (tertiary/aromatic N) is 5. The van der Waals surface area contributed by atoms with Gasteiger partial charge in [-0.25, -0.2) is 9.48 Å². The van der Waals surface area contributed by atoms with E-state index in [0.29, 0.717) is 11.4 Å². The average Bonchev–Trinajstić information content (AvgIpc) is 3.09. The van der Waals surface area contributed by atoms with Gasteiger partial charge in [0.05, 0.1) is 5.69 Å². The maximum atomic E-state index is 12.0. The first-order valence-electron chi connectivity index (χ1n) is 7.05. The fourth-order valence-corrected chi connectivity index (χ4v) is 2.07. The minimum absolute atomic E-state index is 0.0844. The van der Waals surface area contributed by atoms with Crippen LogP contribution in [0.1, 0.15) is 6.42 Å². The molecule has 0 atom stereocenters. The normalized spacial score (nSPS) is 10.5. The first-order valence-corrected chi connectivity index (χ1v) is 7.05. The molecule has 0 spiro atoms. The summed E-state index contributed by atoms with van der Waals surface area (Å²) in [6.45, 7) is 0.161. The summed E-state index contributed by atoms with van der Waals surface area (Å²) in [6.07, 6.45) is 2.89. The van der Waals surface area contributed by atoms with Gasteiger partial charge in [-0.15, -0.1) is 5.10 Å². The number of rotatable bonds is 5. The minimum atomic E-state index is -0.545. The highest BCUT2D eigenvalue weighted by molar-refractivity contribution is 5.90. The van der Waals surface area contributed by atoms with Crippen molar-refractivity contribution in [1.29, 1.82) is 0 Å². The number of aromatic amines is 1. The molecule has 0 aliphatic heterocycles. The molecule has 2 N–H and O–H groups in total. The quantitative estimate of drug-likeness (QED) is 0.653. The van der Waals surface area contributed by atoms with Crippen LogP contribution in [-0.2, 0) is 11.3 Å². The summed E-state index contributed by atoms with van der Waals surface area (Å²) in [4.78, 5) is 36.7. The third-order valence-electron chi connectivity index (χ3n) is 3.22. The molecule has 0 bridgehead atoms. The lowest BCUT2D eigenvalue weighted by Gasteiger charge is -2.08. The van der Waals surface area contributed by atoms with Gasteiger partial charge in [-0.3, -0.25) is 14.6 Å². The summed E-state index contributed by atoms with van der Waals surface area (Å²) >= 11 is 0. The Kier molecular flexibility index (Phi) is 4.27. The molecule has 1 aromatic carbocycles. The van der Waals surface area contributed by atoms with E-state index in [1.165, 1.54) is 27.8 Å². The highest BCUT2D eigenvalue weighted by Gasteiger charge is 2.06. The predicted octanol–water partition coefficient (Wildman–Crippen LogP) is -0.459. The maximum Gasteiger partial charge on any atom is 0.328 e. The van der Waals surface area contributed by atoms with Gasteiger partial charge in [0.25, 0.3) is 5.56 Å². The smallest absolute Gasteiger partial charge is 0.326 e. The van der Waals surface area contributed by atoms with Crippen molar-refractivity contribution in [2.45, 2.75) is 13.0 Å². The Morgan fingerprint density at radius 3 is 2.88 bits per heavy atom. The first-order chi connectivity index (χ1) is 11.6. The Balaban J connectivity index is 1.64. The van der Waals surface area contributed by atoms with Gasteiger partial charge < -0.3 is 9.88 Å². The van der Waals surface area contributed by atoms with Crippen LogP contribution in [0.15, 0.2) is 52.4 Å². The van der Waals surface area contributed by atoms with E-state index in [4.69, 9.17) is 0 Å². The number of carbonyl (C=O) groups is 1. The van der Waals surface area contributed by atoms with Crippen LogP contribution in [0.25, 0.3) is 5.69 Å². The zero-order valence-corrected chi connectivity index (χ0v) is 12.4. The molecular formula is C14H13N7O3. The monoisotopic (exact) mass is 327 g/mol. The van der Waals surface area contributed by atoms with Crippen molar-refractivity contribution in [2.24, 2.45) is 0 Å². The van der Waals surface area contributed by atoms with E-state index in [0.717, 1.165) is 0 Å². The number of amides is 1. The van der Waals surface area contributed by atoms with E-state index in [-0.39, 0.29) is 18.9 Å². The summed E-state index contributed by atoms with van der Waals surface area (Å²) in [6, 6.07) is 8.25. The van der Waals surface area contributed by atoms with Crippen LogP contribution in [0.4, 0.5) is 5.69 Å². The van der Waals surface area contributed by atoms with E-state index in [2.05, 4.69) is 25.8 Å². The Labute approximate surface area is 134 Å². The summed E-state index contributed by atoms with van der Waals surface area (Å²) in [5.74, 6) is -0.262. The van der Waals surface area contributed by atoms with Gasteiger partial charge in [-0.05, 0) is 28.6 Å². The molecule has 122 valence electrons. The lowest BCUT2D eigenvalue weighted by Crippen LogP contribution is -2.29. The number of H-pyrrole nitrogens is 1. The third-order valence-corrected chi connectivity index (χ3v) is 3.22. The molecule has 1 amide bonds. The highest BCUT2D eigenvalue weighted by atomic mass is 16.2. The van der Waals surface area contributed by atoms with Crippen molar-refractivity contribution >= 4 is 11.6 Å². The second kappa shape index (κ2) is 6.69. The molecule has 3 rings (SSSR count). The van der Waals surface area contributed by atoms with Crippen molar-refractivity contribution in [3.8, 4) is 5.69 Å². The number of hydrogen-bond donors (Lipinski definition) is 2. The standard InChI is InChI=1S/C14H13N7O3/c22-12(4-6-20-7-5-13(23)17-14(20)24)16-10-2-1-3-11(8-10)21-9-15-18-19-21/h1-3,5,7-9H,4,6H2,(H,16,22)(H,17,23,24). The van der Waals surface area contributed by atoms with Gasteiger partial charge in [0.2, 0.25) is 5.91 Å². The van der Waals surface area contributed by atoms with Crippen LogP contribution in [0.5, 0.6) is 0 Å². The van der Waals surface area contributed by atoms with E-state index in [1.807, 2.05) is 0 Å². The third kappa shape index (κ3) is 3.61. The number of carbonyl (C=O) groups excluding carboxylic acids is 1. The summed E-state index contributed by atoms with van der Waals surface area (Å²) in [5.41, 5.74) is 0.271. The lowest BCUT2D eigenvalue weighted by molar-refractivity contribution is -0.116. The maximum absolute atomic E-state index is 12.0. The van der Waals surface area contributed by atoms with E-state index < -0.39 is 11.2 Å². The van der Waals surface area contributed by atoms with Gasteiger partial charge in [0, 0.05) is 30.9 Å². The van der Waals surface area contributed by atoms with Crippen LogP contribution in [0, 0.1) is 0 Å². The molecule has 0 fully saturated rings. The van der Waals surface area contributed by atoms with Gasteiger partial charge >= 0.3 is 5.69 Å². The van der Waals surface area contributed by atoms with Crippen molar-refractivity contribution < 1.29 is 4.79 Å². The van der Waals surface area contributed by atoms with Gasteiger partial charge in [0.1, 0.15) is 6.33 Å². The molecule has 0 aliphatic carbocycles. The molecule has 0 saturated heterocycles. The number of aryl methyl sites for hydroxylation is 1. The molecule has 0 saturated carbocycles. The van der Waals surface area contributed by atoms with Crippen LogP contribution in [-0.4, -0.2) is 35.7 Å². The van der Waals surface area contributed by atoms with E-state index >= 15 is 0 Å². The molecule has 10 heteroatoms. The average molecular weight is 327 g/mol. The van der Waals surface area contributed by atoms with Crippen LogP contribution >= 0.6 is 0 Å². The Bertz CT molecular complexity index is 959. The summed E-state index contributed by atoms with van der Waals surface area (Å²) < 4.78 is 2.73. The van der Waals surface area contributed by atoms with E-state index in [9.17, 15) is 14.4 Å². The fourth-order valence-electron chi connectivity index (χ4n) is 2.07. The van der Waals surface area contributed by atoms with Crippen molar-refractivity contribution in [3.05, 3.63) is 63.7 Å². The summed E-state index contributed by atoms with van der Waals surface area (Å²) in [7, 11) is 0. The number of nitrogens with one attached hydrogen (secondary N) is 2. The van der Waals surface area contributed by atoms with Crippen molar-refractivity contribution in [3.63, 3.8) is 0 Å². The van der Waals surface area contributed by atoms with Gasteiger partial charge in [-0.1, -0.05) is 6.07 Å². The number of benzene rings is 1. The zero-order valence-electron chi connectivity index (χ0n) is 12.4. The molecule has 3 aromatic rings. The molecule has 0 aliphatic rings. The van der Waals surface area contributed by atoms with Crippen LogP contribution < -0.4 is 16.6 Å². The topological polar surface area (TPSA) is 128 Å². The molecule has 2 aromatic heterocycles. The molecule has 24 heavy (non-hydrogen) atoms. The second-order valence-electron chi connectivity index (χ2n) is 4.91. The number of anilines is 1. The van der Waals surface area contributed by atoms with Gasteiger partial charge in [-0.2, -0.15) is 0 Å². The lowest BCUT2D eigenvalue weighted by atomic mass is 10.2. The van der Waals surface area contributed by atoms with Gasteiger partial charge in [0.15, 0.2) is 0 Å². The SMILES string of the molecule is O=C(CCn1ccc(=O)[nH]c1=O)Nc1cccc(-n2cnnn2)c1. The minimum Gasteiger partial charge on any atom is -0.326 e. The summed E-state index contributed by atoms with van der Waals surface area (Å²) in [5, 5.41) is 13.6. The van der Waals surface area contributed by atoms with Crippen LogP contribution in [0.2, 0.25) is 0 Å². The molecule has 0 unspecified atom stereocenters. The Hall–Kier alpha value is -3.56. The van der Waals surface area contributed by atoms with Crippen LogP contribution in [0.3, 0.4) is 0 Å². The van der Waals surface area contributed by atoms with Crippen molar-refractivity contribution in [2.75, 3.05) is 5.32 Å². The highest BCUT2D eigenvalue weighted by Crippen LogP contribution is 2.13. The Morgan fingerprint density at radius 1 is 1.25 bits per heavy atom.